The Balaban J connectivity index is 1.78. The number of imidazole rings is 1. The average Bonchev–Trinajstić information content (AvgIpc) is 2.93. The highest BCUT2D eigenvalue weighted by atomic mass is 35.5. The van der Waals surface area contributed by atoms with Crippen LogP contribution in [0.3, 0.4) is 0 Å². The number of hydrogen-bond donors (Lipinski definition) is 1. The molecule has 0 saturated carbocycles. The van der Waals surface area contributed by atoms with Gasteiger partial charge in [-0.1, -0.05) is 11.6 Å². The largest absolute Gasteiger partial charge is 0.371 e. The molecule has 1 atom stereocenters. The Morgan fingerprint density at radius 3 is 3.06 bits per heavy atom. The van der Waals surface area contributed by atoms with Gasteiger partial charge in [-0.2, -0.15) is 0 Å². The van der Waals surface area contributed by atoms with E-state index in [-0.39, 0.29) is 0 Å². The van der Waals surface area contributed by atoms with E-state index in [0.717, 1.165) is 24.6 Å². The van der Waals surface area contributed by atoms with E-state index < -0.39 is 0 Å². The fourth-order valence-electron chi connectivity index (χ4n) is 2.52. The van der Waals surface area contributed by atoms with E-state index in [0.29, 0.717) is 11.1 Å². The lowest BCUT2D eigenvalue weighted by Gasteiger charge is -2.33. The van der Waals surface area contributed by atoms with Crippen molar-refractivity contribution in [1.29, 1.82) is 0 Å². The predicted molar refractivity (Wildman–Crippen MR) is 72.0 cm³/mol. The van der Waals surface area contributed by atoms with E-state index in [2.05, 4.69) is 19.9 Å². The lowest BCUT2D eigenvalue weighted by molar-refractivity contribution is 0.494. The van der Waals surface area contributed by atoms with Gasteiger partial charge in [-0.15, -0.1) is 0 Å². The monoisotopic (exact) mass is 262 g/mol. The summed E-state index contributed by atoms with van der Waals surface area (Å²) in [5, 5.41) is 0.549. The van der Waals surface area contributed by atoms with Gasteiger partial charge in [-0.05, 0) is 25.0 Å². The van der Waals surface area contributed by atoms with Crippen molar-refractivity contribution in [3.8, 4) is 0 Å². The van der Waals surface area contributed by atoms with Crippen molar-refractivity contribution in [2.24, 2.45) is 0 Å². The molecule has 0 spiro atoms. The number of hydrogen-bond acceptors (Lipinski definition) is 3. The minimum atomic E-state index is 0.473. The molecule has 5 heteroatoms. The summed E-state index contributed by atoms with van der Waals surface area (Å²) in [5.41, 5.74) is 1.14. The molecule has 1 N–H and O–H groups in total. The van der Waals surface area contributed by atoms with Gasteiger partial charge >= 0.3 is 0 Å². The Bertz CT molecular complexity index is 511. The first-order valence-electron chi connectivity index (χ1n) is 6.19. The fourth-order valence-corrected chi connectivity index (χ4v) is 2.69. The molecule has 1 fully saturated rings. The van der Waals surface area contributed by atoms with Crippen LogP contribution in [0.2, 0.25) is 5.15 Å². The maximum absolute atomic E-state index is 5.94. The summed E-state index contributed by atoms with van der Waals surface area (Å²) in [6.45, 7) is 2.05. The molecule has 3 heterocycles. The lowest BCUT2D eigenvalue weighted by atomic mass is 9.97. The molecule has 1 unspecified atom stereocenters. The van der Waals surface area contributed by atoms with E-state index in [1.54, 1.807) is 6.20 Å². The Hall–Kier alpha value is -1.55. The summed E-state index contributed by atoms with van der Waals surface area (Å²) < 4.78 is 0. The van der Waals surface area contributed by atoms with Crippen molar-refractivity contribution in [1.82, 2.24) is 15.0 Å². The Morgan fingerprint density at radius 2 is 2.28 bits per heavy atom. The summed E-state index contributed by atoms with van der Waals surface area (Å²) in [7, 11) is 0. The SMILES string of the molecule is Clc1cc(N2CCCC(c3ncc[nH]3)C2)ccn1. The zero-order valence-electron chi connectivity index (χ0n) is 10.0. The molecular weight excluding hydrogens is 248 g/mol. The first kappa shape index (κ1) is 11.5. The molecule has 3 rings (SSSR count). The summed E-state index contributed by atoms with van der Waals surface area (Å²) >= 11 is 5.94. The summed E-state index contributed by atoms with van der Waals surface area (Å²) in [6, 6.07) is 3.93. The van der Waals surface area contributed by atoms with Gasteiger partial charge in [0, 0.05) is 43.3 Å². The lowest BCUT2D eigenvalue weighted by Crippen LogP contribution is -2.34. The van der Waals surface area contributed by atoms with Crippen LogP contribution in [-0.4, -0.2) is 28.0 Å². The topological polar surface area (TPSA) is 44.8 Å². The van der Waals surface area contributed by atoms with Gasteiger partial charge in [0.05, 0.1) is 0 Å². The normalized spacial score (nSPS) is 20.1. The van der Waals surface area contributed by atoms with Crippen LogP contribution in [0, 0.1) is 0 Å². The molecule has 2 aromatic heterocycles. The smallest absolute Gasteiger partial charge is 0.131 e. The molecule has 1 aliphatic heterocycles. The van der Waals surface area contributed by atoms with E-state index >= 15 is 0 Å². The highest BCUT2D eigenvalue weighted by Gasteiger charge is 2.23. The standard InChI is InChI=1S/C13H15ClN4/c14-12-8-11(3-4-15-12)18-7-1-2-10(9-18)13-16-5-6-17-13/h3-6,8,10H,1-2,7,9H2,(H,16,17). The summed E-state index contributed by atoms with van der Waals surface area (Å²) in [5.74, 6) is 1.56. The number of halogens is 1. The van der Waals surface area contributed by atoms with Gasteiger partial charge in [-0.25, -0.2) is 9.97 Å². The predicted octanol–water partition coefficient (Wildman–Crippen LogP) is 2.84. The minimum Gasteiger partial charge on any atom is -0.371 e. The number of anilines is 1. The number of H-pyrrole nitrogens is 1. The van der Waals surface area contributed by atoms with Crippen molar-refractivity contribution in [2.75, 3.05) is 18.0 Å². The van der Waals surface area contributed by atoms with Gasteiger partial charge in [0.1, 0.15) is 11.0 Å². The molecule has 18 heavy (non-hydrogen) atoms. The van der Waals surface area contributed by atoms with Crippen molar-refractivity contribution in [3.63, 3.8) is 0 Å². The first-order chi connectivity index (χ1) is 8.83. The Morgan fingerprint density at radius 1 is 1.33 bits per heavy atom. The van der Waals surface area contributed by atoms with Crippen LogP contribution < -0.4 is 4.90 Å². The van der Waals surface area contributed by atoms with Crippen molar-refractivity contribution in [3.05, 3.63) is 41.7 Å². The fraction of sp³-hybridized carbons (Fsp3) is 0.385. The van der Waals surface area contributed by atoms with Crippen LogP contribution in [-0.2, 0) is 0 Å². The molecule has 0 bridgehead atoms. The molecular formula is C13H15ClN4. The molecule has 4 nitrogen and oxygen atoms in total. The molecule has 0 amide bonds. The van der Waals surface area contributed by atoms with Gasteiger partial charge < -0.3 is 9.88 Å². The number of rotatable bonds is 2. The average molecular weight is 263 g/mol. The molecule has 94 valence electrons. The second kappa shape index (κ2) is 4.98. The highest BCUT2D eigenvalue weighted by molar-refractivity contribution is 6.29. The number of aromatic nitrogens is 3. The molecule has 2 aromatic rings. The third kappa shape index (κ3) is 2.34. The van der Waals surface area contributed by atoms with Crippen LogP contribution in [0.15, 0.2) is 30.7 Å². The van der Waals surface area contributed by atoms with E-state index in [1.807, 2.05) is 24.5 Å². The van der Waals surface area contributed by atoms with Crippen LogP contribution in [0.5, 0.6) is 0 Å². The zero-order chi connectivity index (χ0) is 12.4. The first-order valence-corrected chi connectivity index (χ1v) is 6.56. The maximum Gasteiger partial charge on any atom is 0.131 e. The third-order valence-electron chi connectivity index (χ3n) is 3.40. The third-order valence-corrected chi connectivity index (χ3v) is 3.61. The zero-order valence-corrected chi connectivity index (χ0v) is 10.8. The van der Waals surface area contributed by atoms with Crippen molar-refractivity contribution >= 4 is 17.3 Å². The Labute approximate surface area is 111 Å². The highest BCUT2D eigenvalue weighted by Crippen LogP contribution is 2.28. The van der Waals surface area contributed by atoms with Gasteiger partial charge in [0.25, 0.3) is 0 Å². The Kier molecular flexibility index (Phi) is 3.19. The number of pyridine rings is 1. The number of nitrogens with zero attached hydrogens (tertiary/aromatic N) is 3. The van der Waals surface area contributed by atoms with Crippen LogP contribution >= 0.6 is 11.6 Å². The van der Waals surface area contributed by atoms with Crippen LogP contribution in [0.25, 0.3) is 0 Å². The van der Waals surface area contributed by atoms with Gasteiger partial charge in [0.15, 0.2) is 0 Å². The molecule has 1 saturated heterocycles. The number of nitrogens with one attached hydrogen (secondary N) is 1. The minimum absolute atomic E-state index is 0.473. The van der Waals surface area contributed by atoms with E-state index in [9.17, 15) is 0 Å². The molecule has 0 radical (unpaired) electrons. The number of piperidine rings is 1. The summed E-state index contributed by atoms with van der Waals surface area (Å²) in [6.07, 6.45) is 7.82. The van der Waals surface area contributed by atoms with Crippen LogP contribution in [0.1, 0.15) is 24.6 Å². The maximum atomic E-state index is 5.94. The van der Waals surface area contributed by atoms with Crippen LogP contribution in [0.4, 0.5) is 5.69 Å². The molecule has 0 aromatic carbocycles. The summed E-state index contributed by atoms with van der Waals surface area (Å²) in [4.78, 5) is 14.0. The second-order valence-corrected chi connectivity index (χ2v) is 4.98. The van der Waals surface area contributed by atoms with E-state index in [4.69, 9.17) is 11.6 Å². The second-order valence-electron chi connectivity index (χ2n) is 4.60. The van der Waals surface area contributed by atoms with E-state index in [1.165, 1.54) is 12.8 Å². The molecule has 1 aliphatic rings. The quantitative estimate of drug-likeness (QED) is 0.847. The van der Waals surface area contributed by atoms with Gasteiger partial charge in [0.2, 0.25) is 0 Å². The molecule has 0 aliphatic carbocycles. The van der Waals surface area contributed by atoms with Crippen molar-refractivity contribution in [2.45, 2.75) is 18.8 Å². The number of aromatic amines is 1. The van der Waals surface area contributed by atoms with Gasteiger partial charge in [-0.3, -0.25) is 0 Å². The van der Waals surface area contributed by atoms with Crippen molar-refractivity contribution < 1.29 is 0 Å².